The van der Waals surface area contributed by atoms with Gasteiger partial charge in [-0.25, -0.2) is 4.79 Å². The van der Waals surface area contributed by atoms with Gasteiger partial charge < -0.3 is 19.8 Å². The van der Waals surface area contributed by atoms with Crippen LogP contribution >= 0.6 is 15.9 Å². The van der Waals surface area contributed by atoms with Crippen molar-refractivity contribution >= 4 is 39.7 Å². The second kappa shape index (κ2) is 9.71. The third kappa shape index (κ3) is 7.27. The summed E-state index contributed by atoms with van der Waals surface area (Å²) >= 11 is 3.04. The van der Waals surface area contributed by atoms with Gasteiger partial charge >= 0.3 is 12.0 Å². The Morgan fingerprint density at radius 3 is 2.58 bits per heavy atom. The Bertz CT molecular complexity index is 615. The predicted molar refractivity (Wildman–Crippen MR) is 86.1 cm³/mol. The number of nitrogens with one attached hydrogen (secondary N) is 3. The molecule has 10 heteroatoms. The summed E-state index contributed by atoms with van der Waals surface area (Å²) in [6, 6.07) is 2.20. The van der Waals surface area contributed by atoms with E-state index in [4.69, 9.17) is 4.42 Å². The number of ether oxygens (including phenoxy) is 1. The van der Waals surface area contributed by atoms with Crippen molar-refractivity contribution in [3.63, 3.8) is 0 Å². The summed E-state index contributed by atoms with van der Waals surface area (Å²) in [6.45, 7) is 2.59. The van der Waals surface area contributed by atoms with Crippen LogP contribution < -0.4 is 16.0 Å². The van der Waals surface area contributed by atoms with Crippen LogP contribution in [0.25, 0.3) is 0 Å². The normalized spacial score (nSPS) is 11.3. The monoisotopic (exact) mass is 403 g/mol. The minimum Gasteiger partial charge on any atom is -0.454 e. The smallest absolute Gasteiger partial charge is 0.325 e. The van der Waals surface area contributed by atoms with E-state index in [2.05, 4.69) is 31.3 Å². The molecule has 3 N–H and O–H groups in total. The topological polar surface area (TPSA) is 127 Å². The molecule has 1 aromatic heterocycles. The SMILES string of the molecule is CC[C@@H](C)NC(=O)NC(=O)COC(=O)CNC(=O)c1ccc(Br)o1. The predicted octanol–water partition coefficient (Wildman–Crippen LogP) is 0.939. The molecule has 0 fully saturated rings. The van der Waals surface area contributed by atoms with Crippen LogP contribution in [0.2, 0.25) is 0 Å². The summed E-state index contributed by atoms with van der Waals surface area (Å²) in [4.78, 5) is 45.9. The van der Waals surface area contributed by atoms with Gasteiger partial charge in [-0.1, -0.05) is 6.92 Å². The summed E-state index contributed by atoms with van der Waals surface area (Å²) in [7, 11) is 0. The standard InChI is InChI=1S/C14H18BrN3O6/c1-3-8(2)17-14(22)18-11(19)7-23-12(20)6-16-13(21)9-4-5-10(15)24-9/h4-5,8H,3,6-7H2,1-2H3,(H,16,21)(H2,17,18,19,22)/t8-/m1/s1. The Balaban J connectivity index is 2.24. The highest BCUT2D eigenvalue weighted by Gasteiger charge is 2.14. The van der Waals surface area contributed by atoms with E-state index in [0.717, 1.165) is 0 Å². The first-order valence-electron chi connectivity index (χ1n) is 7.11. The van der Waals surface area contributed by atoms with Crippen molar-refractivity contribution in [2.24, 2.45) is 0 Å². The van der Waals surface area contributed by atoms with E-state index in [9.17, 15) is 19.2 Å². The number of rotatable bonds is 7. The zero-order valence-electron chi connectivity index (χ0n) is 13.2. The van der Waals surface area contributed by atoms with Crippen LogP contribution in [0.3, 0.4) is 0 Å². The van der Waals surface area contributed by atoms with Gasteiger partial charge in [-0.3, -0.25) is 19.7 Å². The fourth-order valence-corrected chi connectivity index (χ4v) is 1.70. The highest BCUT2D eigenvalue weighted by molar-refractivity contribution is 9.10. The molecule has 0 aromatic carbocycles. The maximum absolute atomic E-state index is 11.6. The average Bonchev–Trinajstić information content (AvgIpc) is 2.96. The maximum Gasteiger partial charge on any atom is 0.325 e. The lowest BCUT2D eigenvalue weighted by atomic mass is 10.3. The van der Waals surface area contributed by atoms with Gasteiger partial charge in [0.05, 0.1) is 0 Å². The van der Waals surface area contributed by atoms with Gasteiger partial charge in [-0.15, -0.1) is 0 Å². The molecule has 0 bridgehead atoms. The van der Waals surface area contributed by atoms with Crippen LogP contribution in [-0.4, -0.2) is 43.0 Å². The summed E-state index contributed by atoms with van der Waals surface area (Å²) in [6.07, 6.45) is 0.711. The molecule has 1 rings (SSSR count). The fourth-order valence-electron chi connectivity index (χ4n) is 1.40. The van der Waals surface area contributed by atoms with Crippen LogP contribution in [0.4, 0.5) is 4.79 Å². The van der Waals surface area contributed by atoms with Gasteiger partial charge in [0.1, 0.15) is 6.54 Å². The van der Waals surface area contributed by atoms with E-state index in [1.807, 2.05) is 12.2 Å². The second-order valence-electron chi connectivity index (χ2n) is 4.78. The van der Waals surface area contributed by atoms with Crippen LogP contribution in [0.5, 0.6) is 0 Å². The zero-order valence-corrected chi connectivity index (χ0v) is 14.8. The van der Waals surface area contributed by atoms with E-state index in [1.165, 1.54) is 12.1 Å². The molecule has 24 heavy (non-hydrogen) atoms. The number of hydrogen-bond donors (Lipinski definition) is 3. The Morgan fingerprint density at radius 1 is 1.29 bits per heavy atom. The number of furan rings is 1. The Morgan fingerprint density at radius 2 is 2.00 bits per heavy atom. The Kier molecular flexibility index (Phi) is 7.96. The number of urea groups is 1. The number of amides is 4. The molecule has 1 atom stereocenters. The van der Waals surface area contributed by atoms with Gasteiger partial charge in [-0.2, -0.15) is 0 Å². The van der Waals surface area contributed by atoms with Crippen LogP contribution in [0, 0.1) is 0 Å². The molecular formula is C14H18BrN3O6. The van der Waals surface area contributed by atoms with Crippen molar-refractivity contribution in [3.8, 4) is 0 Å². The first-order valence-corrected chi connectivity index (χ1v) is 7.90. The Labute approximate surface area is 146 Å². The first kappa shape index (κ1) is 19.7. The molecule has 0 saturated heterocycles. The van der Waals surface area contributed by atoms with Crippen molar-refractivity contribution in [2.45, 2.75) is 26.3 Å². The van der Waals surface area contributed by atoms with Crippen LogP contribution in [-0.2, 0) is 14.3 Å². The summed E-state index contributed by atoms with van der Waals surface area (Å²) < 4.78 is 10.0. The zero-order chi connectivity index (χ0) is 18.1. The number of hydrogen-bond acceptors (Lipinski definition) is 6. The van der Waals surface area contributed by atoms with Crippen molar-refractivity contribution < 1.29 is 28.3 Å². The molecule has 0 saturated carbocycles. The van der Waals surface area contributed by atoms with Crippen molar-refractivity contribution in [1.29, 1.82) is 0 Å². The molecule has 1 heterocycles. The number of esters is 1. The van der Waals surface area contributed by atoms with Crippen molar-refractivity contribution in [1.82, 2.24) is 16.0 Å². The van der Waals surface area contributed by atoms with E-state index < -0.39 is 37.0 Å². The number of carbonyl (C=O) groups excluding carboxylic acids is 4. The van der Waals surface area contributed by atoms with E-state index in [-0.39, 0.29) is 11.8 Å². The molecule has 0 unspecified atom stereocenters. The fraction of sp³-hybridized carbons (Fsp3) is 0.429. The molecule has 0 aliphatic heterocycles. The van der Waals surface area contributed by atoms with Crippen molar-refractivity contribution in [2.75, 3.05) is 13.2 Å². The molecule has 0 aliphatic carbocycles. The van der Waals surface area contributed by atoms with Crippen molar-refractivity contribution in [3.05, 3.63) is 22.6 Å². The largest absolute Gasteiger partial charge is 0.454 e. The second-order valence-corrected chi connectivity index (χ2v) is 5.56. The molecule has 132 valence electrons. The maximum atomic E-state index is 11.6. The molecule has 9 nitrogen and oxygen atoms in total. The third-order valence-electron chi connectivity index (χ3n) is 2.80. The van der Waals surface area contributed by atoms with E-state index >= 15 is 0 Å². The van der Waals surface area contributed by atoms with Gasteiger partial charge in [-0.05, 0) is 41.4 Å². The summed E-state index contributed by atoms with van der Waals surface area (Å²) in [5.41, 5.74) is 0. The highest BCUT2D eigenvalue weighted by atomic mass is 79.9. The van der Waals surface area contributed by atoms with E-state index in [0.29, 0.717) is 11.1 Å². The first-order chi connectivity index (χ1) is 11.3. The molecule has 0 spiro atoms. The number of halogens is 1. The third-order valence-corrected chi connectivity index (χ3v) is 3.22. The Hall–Kier alpha value is -2.36. The van der Waals surface area contributed by atoms with Gasteiger partial charge in [0.15, 0.2) is 17.0 Å². The number of carbonyl (C=O) groups is 4. The summed E-state index contributed by atoms with van der Waals surface area (Å²) in [5, 5.41) is 6.82. The molecule has 0 radical (unpaired) electrons. The lowest BCUT2D eigenvalue weighted by Gasteiger charge is -2.11. The lowest BCUT2D eigenvalue weighted by Crippen LogP contribution is -2.45. The van der Waals surface area contributed by atoms with Crippen LogP contribution in [0.15, 0.2) is 21.2 Å². The lowest BCUT2D eigenvalue weighted by molar-refractivity contribution is -0.147. The van der Waals surface area contributed by atoms with E-state index in [1.54, 1.807) is 6.92 Å². The van der Waals surface area contributed by atoms with Gasteiger partial charge in [0.25, 0.3) is 11.8 Å². The minimum atomic E-state index is -0.827. The quantitative estimate of drug-likeness (QED) is 0.581. The molecule has 1 aromatic rings. The van der Waals surface area contributed by atoms with Gasteiger partial charge in [0.2, 0.25) is 0 Å². The molecule has 4 amide bonds. The van der Waals surface area contributed by atoms with Crippen LogP contribution in [0.1, 0.15) is 30.8 Å². The highest BCUT2D eigenvalue weighted by Crippen LogP contribution is 2.13. The average molecular weight is 404 g/mol. The molecule has 0 aliphatic rings. The van der Waals surface area contributed by atoms with Gasteiger partial charge in [0, 0.05) is 6.04 Å². The molecular weight excluding hydrogens is 386 g/mol. The summed E-state index contributed by atoms with van der Waals surface area (Å²) in [5.74, 6) is -2.18. The number of imide groups is 1. The minimum absolute atomic E-state index is 0.0223.